The van der Waals surface area contributed by atoms with Crippen molar-refractivity contribution in [1.82, 2.24) is 19.7 Å². The summed E-state index contributed by atoms with van der Waals surface area (Å²) in [5, 5.41) is 29.4. The van der Waals surface area contributed by atoms with Crippen LogP contribution in [0.3, 0.4) is 0 Å². The van der Waals surface area contributed by atoms with Crippen LogP contribution in [0.4, 0.5) is 22.0 Å². The molecule has 11 nitrogen and oxygen atoms in total. The molecule has 0 spiro atoms. The van der Waals surface area contributed by atoms with E-state index in [9.17, 15) is 45.4 Å². The summed E-state index contributed by atoms with van der Waals surface area (Å²) in [5.74, 6) is -12.8. The number of ketones is 1. The molecule has 0 saturated heterocycles. The average molecular weight is 577 g/mol. The first kappa shape index (κ1) is 28.6. The van der Waals surface area contributed by atoms with Crippen molar-refractivity contribution in [2.24, 2.45) is 17.0 Å². The van der Waals surface area contributed by atoms with Crippen LogP contribution in [0.2, 0.25) is 0 Å². The van der Waals surface area contributed by atoms with E-state index in [4.69, 9.17) is 5.14 Å². The lowest BCUT2D eigenvalue weighted by atomic mass is 9.95. The largest absolute Gasteiger partial charge is 0.390 e. The second-order valence-electron chi connectivity index (χ2n) is 8.88. The van der Waals surface area contributed by atoms with E-state index in [0.29, 0.717) is 0 Å². The fourth-order valence-electron chi connectivity index (χ4n) is 4.39. The molecule has 2 heterocycles. The van der Waals surface area contributed by atoms with Crippen LogP contribution in [-0.2, 0) is 27.5 Å². The number of nitrogens with zero attached hydrogens (tertiary/aromatic N) is 4. The van der Waals surface area contributed by atoms with Crippen LogP contribution >= 0.6 is 0 Å². The fourth-order valence-corrected chi connectivity index (χ4v) is 4.76. The van der Waals surface area contributed by atoms with Crippen LogP contribution in [0.25, 0.3) is 0 Å². The molecule has 1 saturated carbocycles. The average Bonchev–Trinajstić information content (AvgIpc) is 3.47. The Morgan fingerprint density at radius 2 is 1.67 bits per heavy atom. The van der Waals surface area contributed by atoms with Gasteiger partial charge in [-0.15, -0.1) is 0 Å². The maximum Gasteiger partial charge on any atom is 0.333 e. The minimum Gasteiger partial charge on any atom is -0.390 e. The lowest BCUT2D eigenvalue weighted by Gasteiger charge is -2.17. The summed E-state index contributed by atoms with van der Waals surface area (Å²) in [5.41, 5.74) is -1.33. The first-order valence-electron chi connectivity index (χ1n) is 11.2. The monoisotopic (exact) mass is 577 g/mol. The number of carbonyl (C=O) groups excluding carboxylic acids is 1. The van der Waals surface area contributed by atoms with Crippen molar-refractivity contribution in [2.45, 2.75) is 31.6 Å². The molecule has 4 rings (SSSR count). The van der Waals surface area contributed by atoms with Gasteiger partial charge in [0.25, 0.3) is 0 Å². The predicted octanol–water partition coefficient (Wildman–Crippen LogP) is 0.768. The van der Waals surface area contributed by atoms with Crippen LogP contribution < -0.4 is 5.14 Å². The first-order valence-corrected chi connectivity index (χ1v) is 12.7. The van der Waals surface area contributed by atoms with Crippen LogP contribution in [0.15, 0.2) is 24.8 Å². The van der Waals surface area contributed by atoms with Crippen LogP contribution in [-0.4, -0.2) is 63.0 Å². The van der Waals surface area contributed by atoms with Crippen molar-refractivity contribution >= 4 is 16.1 Å². The third-order valence-electron chi connectivity index (χ3n) is 6.36. The molecule has 0 bridgehead atoms. The highest BCUT2D eigenvalue weighted by molar-refractivity contribution is 7.84. The zero-order valence-corrected chi connectivity index (χ0v) is 20.5. The molecular formula is C22H20F5N5O6S. The van der Waals surface area contributed by atoms with Gasteiger partial charge < -0.3 is 10.2 Å². The van der Waals surface area contributed by atoms with Crippen molar-refractivity contribution in [2.75, 3.05) is 6.61 Å². The molecule has 1 fully saturated rings. The van der Waals surface area contributed by atoms with Gasteiger partial charge in [0.05, 0.1) is 42.2 Å². The summed E-state index contributed by atoms with van der Waals surface area (Å²) in [6, 6.07) is 1.15. The summed E-state index contributed by atoms with van der Waals surface area (Å²) < 4.78 is 95.8. The quantitative estimate of drug-likeness (QED) is 0.144. The highest BCUT2D eigenvalue weighted by Gasteiger charge is 2.42. The van der Waals surface area contributed by atoms with Gasteiger partial charge in [-0.05, 0) is 24.8 Å². The maximum absolute atomic E-state index is 14.0. The Bertz CT molecular complexity index is 1490. The topological polar surface area (TPSA) is 171 Å². The van der Waals surface area contributed by atoms with Crippen molar-refractivity contribution in [1.29, 1.82) is 0 Å². The molecule has 0 unspecified atom stereocenters. The molecule has 1 aromatic carbocycles. The standard InChI is InChI=1S/C22H20F5N5O6S/c23-15-12(16(24)18(26)19(27)17(15)25)6-32-2-1-13(31-32)22(35)11-5-29-8-30-14(11)4-9-3-10(21(34)20(9)33)7-38-39(28,36)37/h1-2,5,8-10,20-21,33-34H,3-4,6-7H2,(H2,28,36,37)/t9-,10+,20-,21+/m0/s1. The van der Waals surface area contributed by atoms with Gasteiger partial charge in [0.15, 0.2) is 23.3 Å². The number of aliphatic hydroxyl groups is 2. The molecular weight excluding hydrogens is 557 g/mol. The Kier molecular flexibility index (Phi) is 8.08. The Morgan fingerprint density at radius 3 is 2.31 bits per heavy atom. The van der Waals surface area contributed by atoms with Crippen molar-refractivity contribution in [3.63, 3.8) is 0 Å². The van der Waals surface area contributed by atoms with Gasteiger partial charge in [-0.3, -0.25) is 13.7 Å². The van der Waals surface area contributed by atoms with E-state index in [-0.39, 0.29) is 29.8 Å². The smallest absolute Gasteiger partial charge is 0.333 e. The third-order valence-corrected chi connectivity index (χ3v) is 6.82. The van der Waals surface area contributed by atoms with Crippen LogP contribution in [0.5, 0.6) is 0 Å². The molecule has 1 aliphatic carbocycles. The molecule has 0 amide bonds. The van der Waals surface area contributed by atoms with E-state index in [1.165, 1.54) is 0 Å². The van der Waals surface area contributed by atoms with Crippen LogP contribution in [0, 0.1) is 40.9 Å². The van der Waals surface area contributed by atoms with Gasteiger partial charge in [0.1, 0.15) is 12.0 Å². The number of aliphatic hydroxyl groups excluding tert-OH is 2. The molecule has 39 heavy (non-hydrogen) atoms. The fraction of sp³-hybridized carbons (Fsp3) is 0.364. The van der Waals surface area contributed by atoms with Gasteiger partial charge in [-0.1, -0.05) is 0 Å². The second-order valence-corrected chi connectivity index (χ2v) is 10.1. The minimum absolute atomic E-state index is 0.0427. The number of rotatable bonds is 9. The molecule has 0 aliphatic heterocycles. The lowest BCUT2D eigenvalue weighted by molar-refractivity contribution is -0.00334. The summed E-state index contributed by atoms with van der Waals surface area (Å²) >= 11 is 0. The van der Waals surface area contributed by atoms with E-state index in [0.717, 1.165) is 29.5 Å². The minimum atomic E-state index is -4.27. The first-order chi connectivity index (χ1) is 18.3. The summed E-state index contributed by atoms with van der Waals surface area (Å²) in [6.07, 6.45) is 0.806. The zero-order valence-electron chi connectivity index (χ0n) is 19.6. The SMILES string of the molecule is NS(=O)(=O)OC[C@H]1C[C@@H](Cc2ncncc2C(=O)c2ccn(Cc3c(F)c(F)c(F)c(F)c3F)n2)[C@H](O)[C@@H]1O. The summed E-state index contributed by atoms with van der Waals surface area (Å²) in [7, 11) is -4.27. The molecule has 0 radical (unpaired) electrons. The summed E-state index contributed by atoms with van der Waals surface area (Å²) in [4.78, 5) is 21.0. The van der Waals surface area contributed by atoms with Gasteiger partial charge in [-0.2, -0.15) is 13.5 Å². The Labute approximate surface area is 217 Å². The normalized spacial score (nSPS) is 21.4. The highest BCUT2D eigenvalue weighted by Crippen LogP contribution is 2.35. The molecule has 2 aromatic heterocycles. The predicted molar refractivity (Wildman–Crippen MR) is 119 cm³/mol. The van der Waals surface area contributed by atoms with Crippen LogP contribution in [0.1, 0.15) is 33.7 Å². The number of carbonyl (C=O) groups is 1. The van der Waals surface area contributed by atoms with Gasteiger partial charge in [0, 0.05) is 18.3 Å². The molecule has 4 atom stereocenters. The number of halogens is 5. The number of benzene rings is 1. The van der Waals surface area contributed by atoms with E-state index in [1.54, 1.807) is 0 Å². The number of nitrogens with two attached hydrogens (primary N) is 1. The van der Waals surface area contributed by atoms with E-state index in [2.05, 4.69) is 19.2 Å². The Morgan fingerprint density at radius 1 is 1.05 bits per heavy atom. The molecule has 1 aliphatic rings. The third kappa shape index (κ3) is 5.96. The summed E-state index contributed by atoms with van der Waals surface area (Å²) in [6.45, 7) is -1.34. The second kappa shape index (κ2) is 11.0. The van der Waals surface area contributed by atoms with Crippen molar-refractivity contribution in [3.8, 4) is 0 Å². The molecule has 17 heteroatoms. The Hall–Kier alpha value is -3.38. The zero-order chi connectivity index (χ0) is 28.6. The highest BCUT2D eigenvalue weighted by atomic mass is 32.2. The molecule has 3 aromatic rings. The van der Waals surface area contributed by atoms with E-state index < -0.39 is 87.9 Å². The van der Waals surface area contributed by atoms with E-state index in [1.807, 2.05) is 0 Å². The maximum atomic E-state index is 14.0. The van der Waals surface area contributed by atoms with Gasteiger partial charge in [-0.25, -0.2) is 37.1 Å². The number of aromatic nitrogens is 4. The lowest BCUT2D eigenvalue weighted by Crippen LogP contribution is -2.31. The van der Waals surface area contributed by atoms with E-state index >= 15 is 0 Å². The molecule has 210 valence electrons. The Balaban J connectivity index is 1.52. The van der Waals surface area contributed by atoms with Gasteiger partial charge in [0.2, 0.25) is 11.6 Å². The molecule has 4 N–H and O–H groups in total. The van der Waals surface area contributed by atoms with Crippen molar-refractivity contribution in [3.05, 3.63) is 76.4 Å². The van der Waals surface area contributed by atoms with Gasteiger partial charge >= 0.3 is 10.3 Å². The number of hydrogen-bond acceptors (Lipinski definition) is 9. The number of hydrogen-bond donors (Lipinski definition) is 3. The van der Waals surface area contributed by atoms with Crippen molar-refractivity contribution < 1.29 is 49.6 Å².